The highest BCUT2D eigenvalue weighted by atomic mass is 32.2. The largest absolute Gasteiger partial charge is 0.504 e. The predicted molar refractivity (Wildman–Crippen MR) is 91.2 cm³/mol. The van der Waals surface area contributed by atoms with Crippen LogP contribution in [0, 0.1) is 0 Å². The molecule has 0 aliphatic carbocycles. The van der Waals surface area contributed by atoms with Gasteiger partial charge in [-0.3, -0.25) is 0 Å². The number of benzene rings is 2. The van der Waals surface area contributed by atoms with Crippen LogP contribution >= 0.6 is 24.0 Å². The van der Waals surface area contributed by atoms with E-state index >= 15 is 0 Å². The minimum Gasteiger partial charge on any atom is -0.504 e. The molecule has 2 N–H and O–H groups in total. The van der Waals surface area contributed by atoms with Crippen LogP contribution in [0.4, 0.5) is 5.69 Å². The summed E-state index contributed by atoms with van der Waals surface area (Å²) in [7, 11) is 1.53. The maximum atomic E-state index is 9.83. The van der Waals surface area contributed by atoms with Crippen LogP contribution in [0.15, 0.2) is 52.3 Å². The lowest BCUT2D eigenvalue weighted by molar-refractivity contribution is 0.373. The van der Waals surface area contributed by atoms with Crippen LogP contribution in [-0.2, 0) is 0 Å². The fourth-order valence-corrected chi connectivity index (χ4v) is 3.30. The molecule has 106 valence electrons. The number of hydrogen-bond donors (Lipinski definition) is 2. The third-order valence-corrected chi connectivity index (χ3v) is 4.65. The average molecular weight is 315 g/mol. The van der Waals surface area contributed by atoms with Gasteiger partial charge in [0.1, 0.15) is 4.99 Å². The number of anilines is 1. The summed E-state index contributed by atoms with van der Waals surface area (Å²) in [4.78, 5) is 2.78. The number of fused-ring (bicyclic) bond motifs is 1. The first-order valence-electron chi connectivity index (χ1n) is 6.34. The molecule has 1 aliphatic rings. The molecule has 0 aromatic heterocycles. The SMILES string of the molecule is COc1ccc(/C=C2\Sc3ccccc3NC2=S)cc1O. The lowest BCUT2D eigenvalue weighted by Crippen LogP contribution is -2.14. The topological polar surface area (TPSA) is 41.5 Å². The Morgan fingerprint density at radius 2 is 2.05 bits per heavy atom. The van der Waals surface area contributed by atoms with E-state index < -0.39 is 0 Å². The van der Waals surface area contributed by atoms with E-state index in [-0.39, 0.29) is 5.75 Å². The van der Waals surface area contributed by atoms with E-state index in [0.29, 0.717) is 10.7 Å². The van der Waals surface area contributed by atoms with Crippen molar-refractivity contribution >= 4 is 40.7 Å². The molecule has 0 bridgehead atoms. The molecule has 0 atom stereocenters. The zero-order valence-electron chi connectivity index (χ0n) is 11.3. The lowest BCUT2D eigenvalue weighted by atomic mass is 10.2. The van der Waals surface area contributed by atoms with Gasteiger partial charge in [0.05, 0.1) is 12.8 Å². The number of aromatic hydroxyl groups is 1. The first kappa shape index (κ1) is 14.0. The summed E-state index contributed by atoms with van der Waals surface area (Å²) in [5.74, 6) is 0.575. The van der Waals surface area contributed by atoms with Crippen molar-refractivity contribution in [3.63, 3.8) is 0 Å². The Hall–Kier alpha value is -1.98. The van der Waals surface area contributed by atoms with Gasteiger partial charge in [0, 0.05) is 9.80 Å². The van der Waals surface area contributed by atoms with E-state index in [1.165, 1.54) is 7.11 Å². The number of thioether (sulfide) groups is 1. The summed E-state index contributed by atoms with van der Waals surface area (Å²) in [5, 5.41) is 13.1. The van der Waals surface area contributed by atoms with Gasteiger partial charge in [0.2, 0.25) is 0 Å². The zero-order chi connectivity index (χ0) is 14.8. The van der Waals surface area contributed by atoms with E-state index in [2.05, 4.69) is 5.32 Å². The van der Waals surface area contributed by atoms with Crippen molar-refractivity contribution in [2.45, 2.75) is 4.90 Å². The van der Waals surface area contributed by atoms with Gasteiger partial charge >= 0.3 is 0 Å². The maximum absolute atomic E-state index is 9.83. The number of nitrogens with one attached hydrogen (secondary N) is 1. The Balaban J connectivity index is 1.93. The van der Waals surface area contributed by atoms with Gasteiger partial charge in [0.25, 0.3) is 0 Å². The first-order chi connectivity index (χ1) is 10.2. The number of para-hydroxylation sites is 1. The lowest BCUT2D eigenvalue weighted by Gasteiger charge is -2.20. The van der Waals surface area contributed by atoms with Gasteiger partial charge in [-0.25, -0.2) is 0 Å². The summed E-state index contributed by atoms with van der Waals surface area (Å²) < 4.78 is 5.04. The van der Waals surface area contributed by atoms with E-state index in [9.17, 15) is 5.11 Å². The van der Waals surface area contributed by atoms with E-state index in [0.717, 1.165) is 21.1 Å². The second kappa shape index (κ2) is 5.79. The van der Waals surface area contributed by atoms with Gasteiger partial charge in [0.15, 0.2) is 11.5 Å². The third-order valence-electron chi connectivity index (χ3n) is 3.08. The summed E-state index contributed by atoms with van der Waals surface area (Å²) in [6.45, 7) is 0. The van der Waals surface area contributed by atoms with Crippen LogP contribution in [-0.4, -0.2) is 17.2 Å². The summed E-state index contributed by atoms with van der Waals surface area (Å²) in [6, 6.07) is 13.3. The van der Waals surface area contributed by atoms with Crippen LogP contribution in [0.5, 0.6) is 11.5 Å². The highest BCUT2D eigenvalue weighted by Crippen LogP contribution is 2.39. The molecule has 0 amide bonds. The highest BCUT2D eigenvalue weighted by molar-refractivity contribution is 8.05. The van der Waals surface area contributed by atoms with Crippen LogP contribution < -0.4 is 10.1 Å². The second-order valence-electron chi connectivity index (χ2n) is 4.49. The van der Waals surface area contributed by atoms with Crippen LogP contribution in [0.1, 0.15) is 5.56 Å². The van der Waals surface area contributed by atoms with Crippen molar-refractivity contribution in [3.05, 3.63) is 52.9 Å². The summed E-state index contributed by atoms with van der Waals surface area (Å²) in [6.07, 6.45) is 1.95. The molecule has 0 radical (unpaired) electrons. The van der Waals surface area contributed by atoms with E-state index in [4.69, 9.17) is 17.0 Å². The normalized spacial score (nSPS) is 15.5. The maximum Gasteiger partial charge on any atom is 0.160 e. The Kier molecular flexibility index (Phi) is 3.86. The van der Waals surface area contributed by atoms with Gasteiger partial charge in [-0.05, 0) is 35.9 Å². The van der Waals surface area contributed by atoms with Crippen molar-refractivity contribution in [1.29, 1.82) is 0 Å². The molecule has 0 spiro atoms. The van der Waals surface area contributed by atoms with Crippen LogP contribution in [0.3, 0.4) is 0 Å². The van der Waals surface area contributed by atoms with Crippen molar-refractivity contribution in [1.82, 2.24) is 0 Å². The first-order valence-corrected chi connectivity index (χ1v) is 7.57. The average Bonchev–Trinajstić information content (AvgIpc) is 2.48. The Labute approximate surface area is 132 Å². The molecule has 1 heterocycles. The molecule has 2 aromatic carbocycles. The number of rotatable bonds is 2. The number of thiocarbonyl (C=S) groups is 1. The molecule has 3 rings (SSSR count). The van der Waals surface area contributed by atoms with E-state index in [1.54, 1.807) is 23.9 Å². The molecular formula is C16H13NO2S2. The van der Waals surface area contributed by atoms with Gasteiger partial charge in [-0.15, -0.1) is 0 Å². The molecule has 0 fully saturated rings. The van der Waals surface area contributed by atoms with Gasteiger partial charge in [-0.2, -0.15) is 0 Å². The molecule has 2 aromatic rings. The zero-order valence-corrected chi connectivity index (χ0v) is 12.9. The van der Waals surface area contributed by atoms with Gasteiger partial charge < -0.3 is 15.2 Å². The number of phenolic OH excluding ortho intramolecular Hbond substituents is 1. The molecule has 1 aliphatic heterocycles. The summed E-state index contributed by atoms with van der Waals surface area (Å²) >= 11 is 7.02. The predicted octanol–water partition coefficient (Wildman–Crippen LogP) is 4.29. The minimum atomic E-state index is 0.118. The Morgan fingerprint density at radius 1 is 1.24 bits per heavy atom. The van der Waals surface area contributed by atoms with Crippen LogP contribution in [0.25, 0.3) is 6.08 Å². The smallest absolute Gasteiger partial charge is 0.160 e. The van der Waals surface area contributed by atoms with Crippen molar-refractivity contribution in [2.75, 3.05) is 12.4 Å². The third kappa shape index (κ3) is 2.89. The molecule has 5 heteroatoms. The number of hydrogen-bond acceptors (Lipinski definition) is 4. The number of ether oxygens (including phenoxy) is 1. The molecule has 0 saturated heterocycles. The van der Waals surface area contributed by atoms with Crippen molar-refractivity contribution in [2.24, 2.45) is 0 Å². The monoisotopic (exact) mass is 315 g/mol. The molecule has 0 unspecified atom stereocenters. The Bertz CT molecular complexity index is 741. The fourth-order valence-electron chi connectivity index (χ4n) is 2.05. The summed E-state index contributed by atoms with van der Waals surface area (Å²) in [5.41, 5.74) is 1.90. The molecule has 3 nitrogen and oxygen atoms in total. The highest BCUT2D eigenvalue weighted by Gasteiger charge is 2.17. The molecular weight excluding hydrogens is 302 g/mol. The van der Waals surface area contributed by atoms with E-state index in [1.807, 2.05) is 36.4 Å². The molecule has 0 saturated carbocycles. The number of methoxy groups -OCH3 is 1. The fraction of sp³-hybridized carbons (Fsp3) is 0.0625. The van der Waals surface area contributed by atoms with Gasteiger partial charge in [-0.1, -0.05) is 42.2 Å². The quantitative estimate of drug-likeness (QED) is 0.639. The molecule has 21 heavy (non-hydrogen) atoms. The number of phenols is 1. The second-order valence-corrected chi connectivity index (χ2v) is 5.98. The minimum absolute atomic E-state index is 0.118. The Morgan fingerprint density at radius 3 is 2.81 bits per heavy atom. The standard InChI is InChI=1S/C16H13NO2S2/c1-19-13-7-6-10(8-12(13)18)9-15-16(20)17-11-4-2-3-5-14(11)21-15/h2-9,18H,1H3,(H,17,20)/b15-9-. The van der Waals surface area contributed by atoms with Crippen molar-refractivity contribution in [3.8, 4) is 11.5 Å². The van der Waals surface area contributed by atoms with Crippen LogP contribution in [0.2, 0.25) is 0 Å². The van der Waals surface area contributed by atoms with Crippen molar-refractivity contribution < 1.29 is 9.84 Å².